The maximum Gasteiger partial charge on any atom is 0.0991 e. The molecular weight excluding hydrogens is 432 g/mol. The van der Waals surface area contributed by atoms with Crippen LogP contribution in [-0.4, -0.2) is 32.4 Å². The van der Waals surface area contributed by atoms with E-state index in [4.69, 9.17) is 15.0 Å². The van der Waals surface area contributed by atoms with Crippen LogP contribution in [0.25, 0.3) is 11.3 Å². The number of rotatable bonds is 2. The quantitative estimate of drug-likeness (QED) is 0.613. The van der Waals surface area contributed by atoms with E-state index in [2.05, 4.69) is 40.3 Å². The van der Waals surface area contributed by atoms with Gasteiger partial charge in [0.25, 0.3) is 0 Å². The van der Waals surface area contributed by atoms with Crippen LogP contribution in [0.3, 0.4) is 0 Å². The maximum absolute atomic E-state index is 4.93. The second-order valence-electron chi connectivity index (χ2n) is 8.46. The molecule has 1 aromatic heterocycles. The highest BCUT2D eigenvalue weighted by atomic mass is 15.0. The molecule has 6 nitrogen and oxygen atoms in total. The molecule has 0 N–H and O–H groups in total. The average molecular weight is 451 g/mol. The first-order chi connectivity index (χ1) is 17.2. The van der Waals surface area contributed by atoms with Crippen molar-refractivity contribution in [3.05, 3.63) is 138 Å². The third-order valence-corrected chi connectivity index (χ3v) is 6.02. The highest BCUT2D eigenvalue weighted by Gasteiger charge is 2.18. The zero-order valence-corrected chi connectivity index (χ0v) is 18.6. The summed E-state index contributed by atoms with van der Waals surface area (Å²) >= 11 is 0. The molecule has 2 aromatic rings. The molecule has 0 spiro atoms. The molecule has 0 amide bonds. The van der Waals surface area contributed by atoms with Crippen molar-refractivity contribution in [2.45, 2.75) is 0 Å². The molecule has 0 radical (unpaired) electrons. The standard InChI is InChI=1S/C29H18N6/c1-9-27(35-12-11-30-18-35)10-2-19(1)28-16-26-15-24-6-5-22(32-24)13-20-3-4-21(31-20)14-23-7-8-25(33-23)17-29(28)34-26/h1-18H. The van der Waals surface area contributed by atoms with Gasteiger partial charge in [0, 0.05) is 23.7 Å². The molecule has 35 heavy (non-hydrogen) atoms. The Morgan fingerprint density at radius 2 is 1.14 bits per heavy atom. The SMILES string of the molecule is C1=CC2=NC1=CC1=NC(=CC3=NC(=CC4=NC(=C2)C=C4)C(c2ccc(-n4ccnc4)cc2)=C3)C=C1. The minimum atomic E-state index is 0.855. The van der Waals surface area contributed by atoms with Crippen molar-refractivity contribution in [2.75, 3.05) is 0 Å². The van der Waals surface area contributed by atoms with Gasteiger partial charge < -0.3 is 4.57 Å². The first-order valence-corrected chi connectivity index (χ1v) is 11.3. The van der Waals surface area contributed by atoms with Crippen molar-refractivity contribution >= 4 is 28.4 Å². The predicted octanol–water partition coefficient (Wildman–Crippen LogP) is 5.29. The van der Waals surface area contributed by atoms with Crippen molar-refractivity contribution in [1.82, 2.24) is 9.55 Å². The molecule has 164 valence electrons. The highest BCUT2D eigenvalue weighted by molar-refractivity contribution is 6.19. The lowest BCUT2D eigenvalue weighted by atomic mass is 10.0. The van der Waals surface area contributed by atoms with Crippen molar-refractivity contribution < 1.29 is 0 Å². The van der Waals surface area contributed by atoms with Gasteiger partial charge in [-0.1, -0.05) is 12.1 Å². The lowest BCUT2D eigenvalue weighted by Crippen LogP contribution is -1.93. The van der Waals surface area contributed by atoms with Gasteiger partial charge in [0.1, 0.15) is 0 Å². The fraction of sp³-hybridized carbons (Fsp3) is 0. The molecule has 1 aromatic carbocycles. The Kier molecular flexibility index (Phi) is 4.35. The van der Waals surface area contributed by atoms with Crippen LogP contribution in [0.15, 0.2) is 153 Å². The number of allylic oxidation sites excluding steroid dienone is 12. The molecule has 7 rings (SSSR count). The highest BCUT2D eigenvalue weighted by Crippen LogP contribution is 2.31. The van der Waals surface area contributed by atoms with Crippen LogP contribution in [0.4, 0.5) is 0 Å². The van der Waals surface area contributed by atoms with Crippen LogP contribution in [0.2, 0.25) is 0 Å². The van der Waals surface area contributed by atoms with Gasteiger partial charge in [-0.3, -0.25) is 0 Å². The third-order valence-electron chi connectivity index (χ3n) is 6.02. The Morgan fingerprint density at radius 1 is 0.543 bits per heavy atom. The number of fused-ring (bicyclic) bond motifs is 4. The van der Waals surface area contributed by atoms with Crippen molar-refractivity contribution in [2.24, 2.45) is 20.0 Å². The van der Waals surface area contributed by atoms with Gasteiger partial charge in [-0.05, 0) is 84.5 Å². The second kappa shape index (κ2) is 7.81. The lowest BCUT2D eigenvalue weighted by molar-refractivity contribution is 1.06. The normalized spacial score (nSPS) is 19.5. The van der Waals surface area contributed by atoms with Gasteiger partial charge in [-0.2, -0.15) is 0 Å². The fourth-order valence-corrected chi connectivity index (χ4v) is 4.35. The van der Waals surface area contributed by atoms with Crippen LogP contribution in [-0.2, 0) is 0 Å². The van der Waals surface area contributed by atoms with Crippen LogP contribution in [0.1, 0.15) is 5.56 Å². The number of aliphatic imine (C=N–C) groups is 4. The van der Waals surface area contributed by atoms with E-state index < -0.39 is 0 Å². The lowest BCUT2D eigenvalue weighted by Gasteiger charge is -2.07. The fourth-order valence-electron chi connectivity index (χ4n) is 4.35. The number of imidazole rings is 1. The van der Waals surface area contributed by atoms with E-state index in [-0.39, 0.29) is 0 Å². The first kappa shape index (κ1) is 19.5. The van der Waals surface area contributed by atoms with E-state index in [1.807, 2.05) is 71.5 Å². The number of hydrogen-bond donors (Lipinski definition) is 0. The summed E-state index contributed by atoms with van der Waals surface area (Å²) in [6.45, 7) is 0. The number of hydrogen-bond acceptors (Lipinski definition) is 5. The molecule has 5 aliphatic heterocycles. The van der Waals surface area contributed by atoms with E-state index >= 15 is 0 Å². The summed E-state index contributed by atoms with van der Waals surface area (Å²) in [5.74, 6) is 0. The van der Waals surface area contributed by atoms with Crippen molar-refractivity contribution in [1.29, 1.82) is 0 Å². The zero-order valence-electron chi connectivity index (χ0n) is 18.6. The van der Waals surface area contributed by atoms with Crippen LogP contribution >= 0.6 is 0 Å². The second-order valence-corrected chi connectivity index (χ2v) is 8.46. The molecule has 0 saturated carbocycles. The monoisotopic (exact) mass is 450 g/mol. The van der Waals surface area contributed by atoms with Gasteiger partial charge in [-0.15, -0.1) is 0 Å². The smallest absolute Gasteiger partial charge is 0.0991 e. The molecule has 5 aliphatic rings. The minimum Gasteiger partial charge on any atom is -0.306 e. The summed E-state index contributed by atoms with van der Waals surface area (Å²) in [5, 5.41) is 0. The van der Waals surface area contributed by atoms with E-state index in [0.717, 1.165) is 62.5 Å². The summed E-state index contributed by atoms with van der Waals surface area (Å²) in [6, 6.07) is 8.39. The van der Waals surface area contributed by atoms with E-state index in [1.54, 1.807) is 12.5 Å². The molecule has 0 fully saturated rings. The number of aromatic nitrogens is 2. The van der Waals surface area contributed by atoms with Crippen molar-refractivity contribution in [3.63, 3.8) is 0 Å². The van der Waals surface area contributed by atoms with Crippen LogP contribution in [0.5, 0.6) is 0 Å². The predicted molar refractivity (Wildman–Crippen MR) is 141 cm³/mol. The maximum atomic E-state index is 4.93. The molecule has 0 saturated heterocycles. The molecule has 0 atom stereocenters. The first-order valence-electron chi connectivity index (χ1n) is 11.3. The zero-order chi connectivity index (χ0) is 23.2. The topological polar surface area (TPSA) is 67.3 Å². The molecule has 8 bridgehead atoms. The Balaban J connectivity index is 1.32. The summed E-state index contributed by atoms with van der Waals surface area (Å²) in [4.78, 5) is 23.2. The van der Waals surface area contributed by atoms with Crippen molar-refractivity contribution in [3.8, 4) is 5.69 Å². The molecule has 6 heterocycles. The molecule has 0 unspecified atom stereocenters. The van der Waals surface area contributed by atoms with E-state index in [0.29, 0.717) is 0 Å². The number of benzene rings is 1. The number of nitrogens with zero attached hydrogens (tertiary/aromatic N) is 6. The molecule has 0 aliphatic carbocycles. The van der Waals surface area contributed by atoms with E-state index in [1.165, 1.54) is 0 Å². The Labute approximate surface area is 201 Å². The van der Waals surface area contributed by atoms with Crippen LogP contribution in [0, 0.1) is 0 Å². The minimum absolute atomic E-state index is 0.855. The van der Waals surface area contributed by atoms with Crippen LogP contribution < -0.4 is 0 Å². The summed E-state index contributed by atoms with van der Waals surface area (Å²) < 4.78 is 1.98. The summed E-state index contributed by atoms with van der Waals surface area (Å²) in [6.07, 6.45) is 27.6. The average Bonchev–Trinajstić information content (AvgIpc) is 3.68. The molecule has 6 heteroatoms. The summed E-state index contributed by atoms with van der Waals surface area (Å²) in [5.41, 5.74) is 10.1. The summed E-state index contributed by atoms with van der Waals surface area (Å²) in [7, 11) is 0. The van der Waals surface area contributed by atoms with Gasteiger partial charge in [0.15, 0.2) is 0 Å². The van der Waals surface area contributed by atoms with Gasteiger partial charge in [0.2, 0.25) is 0 Å². The third kappa shape index (κ3) is 3.77. The van der Waals surface area contributed by atoms with Gasteiger partial charge in [0.05, 0.1) is 52.0 Å². The van der Waals surface area contributed by atoms with Gasteiger partial charge in [-0.25, -0.2) is 25.0 Å². The largest absolute Gasteiger partial charge is 0.306 e. The Hall–Kier alpha value is -4.97. The van der Waals surface area contributed by atoms with Gasteiger partial charge >= 0.3 is 0 Å². The van der Waals surface area contributed by atoms with E-state index in [9.17, 15) is 0 Å². The Bertz CT molecular complexity index is 1640. The molecular formula is C29H18N6. The Morgan fingerprint density at radius 3 is 1.74 bits per heavy atom.